The third-order valence-corrected chi connectivity index (χ3v) is 3.42. The Morgan fingerprint density at radius 3 is 2.62 bits per heavy atom. The third-order valence-electron chi connectivity index (χ3n) is 3.42. The second-order valence-corrected chi connectivity index (χ2v) is 5.23. The molecule has 0 bridgehead atoms. The van der Waals surface area contributed by atoms with Crippen LogP contribution in [-0.2, 0) is 11.3 Å². The number of nitrogens with one attached hydrogen (secondary N) is 2. The van der Waals surface area contributed by atoms with E-state index in [2.05, 4.69) is 20.3 Å². The lowest BCUT2D eigenvalue weighted by Gasteiger charge is -2.10. The second kappa shape index (κ2) is 8.70. The monoisotopic (exact) mass is 364 g/mol. The van der Waals surface area contributed by atoms with Gasteiger partial charge in [-0.3, -0.25) is 14.6 Å². The molecule has 0 aliphatic rings. The van der Waals surface area contributed by atoms with Crippen LogP contribution in [0, 0.1) is 0 Å². The van der Waals surface area contributed by atoms with Crippen molar-refractivity contribution in [3.8, 4) is 22.9 Å². The molecule has 0 spiro atoms. The molecule has 10 heteroatoms. The Labute approximate surface area is 149 Å². The van der Waals surface area contributed by atoms with Crippen molar-refractivity contribution in [1.82, 2.24) is 20.4 Å². The Morgan fingerprint density at radius 1 is 1.23 bits per heavy atom. The van der Waals surface area contributed by atoms with E-state index in [1.807, 2.05) is 6.92 Å². The molecule has 10 nitrogen and oxygen atoms in total. The normalized spacial score (nSPS) is 10.3. The van der Waals surface area contributed by atoms with Gasteiger partial charge in [-0.25, -0.2) is 14.2 Å². The highest BCUT2D eigenvalue weighted by atomic mass is 16.5. The van der Waals surface area contributed by atoms with Crippen LogP contribution in [0.15, 0.2) is 27.5 Å². The van der Waals surface area contributed by atoms with Gasteiger partial charge >= 0.3 is 11.8 Å². The zero-order valence-electron chi connectivity index (χ0n) is 14.7. The Kier molecular flexibility index (Phi) is 6.36. The summed E-state index contributed by atoms with van der Waals surface area (Å²) in [6.07, 6.45) is 0.732. The van der Waals surface area contributed by atoms with E-state index < -0.39 is 24.2 Å². The van der Waals surface area contributed by atoms with Crippen molar-refractivity contribution in [2.45, 2.75) is 19.9 Å². The van der Waals surface area contributed by atoms with Crippen LogP contribution in [0.4, 0.5) is 4.79 Å². The van der Waals surface area contributed by atoms with Gasteiger partial charge in [0.05, 0.1) is 14.2 Å². The molecule has 2 aromatic rings. The average molecular weight is 364 g/mol. The summed E-state index contributed by atoms with van der Waals surface area (Å²) in [5.74, 6) is -0.445. The van der Waals surface area contributed by atoms with Crippen LogP contribution in [0.5, 0.6) is 11.5 Å². The molecule has 1 heterocycles. The van der Waals surface area contributed by atoms with Gasteiger partial charge in [0, 0.05) is 12.1 Å². The van der Waals surface area contributed by atoms with Crippen molar-refractivity contribution in [2.75, 3.05) is 20.8 Å². The zero-order chi connectivity index (χ0) is 19.1. The molecule has 1 aromatic carbocycles. The standard InChI is InChI=1S/C16H20N4O6/c1-4-7-17-15(22)18-13(21)9-20-14(19-26-16(20)23)10-5-6-11(24-2)12(8-10)25-3/h5-6,8H,4,7,9H2,1-3H3,(H2,17,18,21,22). The van der Waals surface area contributed by atoms with Crippen molar-refractivity contribution in [3.05, 3.63) is 28.7 Å². The molecule has 3 amide bonds. The summed E-state index contributed by atoms with van der Waals surface area (Å²) < 4.78 is 16.0. The minimum atomic E-state index is -0.820. The number of aromatic nitrogens is 2. The van der Waals surface area contributed by atoms with Gasteiger partial charge in [0.15, 0.2) is 17.3 Å². The smallest absolute Gasteiger partial charge is 0.442 e. The summed E-state index contributed by atoms with van der Waals surface area (Å²) in [5.41, 5.74) is 0.483. The molecule has 0 atom stereocenters. The van der Waals surface area contributed by atoms with Gasteiger partial charge in [0.2, 0.25) is 5.91 Å². The number of benzene rings is 1. The maximum atomic E-state index is 12.0. The summed E-state index contributed by atoms with van der Waals surface area (Å²) in [7, 11) is 2.97. The lowest BCUT2D eigenvalue weighted by molar-refractivity contribution is -0.120. The van der Waals surface area contributed by atoms with Gasteiger partial charge in [-0.15, -0.1) is 0 Å². The number of nitrogens with zero attached hydrogens (tertiary/aromatic N) is 2. The van der Waals surface area contributed by atoms with Crippen LogP contribution in [-0.4, -0.2) is 42.4 Å². The van der Waals surface area contributed by atoms with Gasteiger partial charge in [0.25, 0.3) is 0 Å². The molecular formula is C16H20N4O6. The number of amides is 3. The van der Waals surface area contributed by atoms with E-state index in [9.17, 15) is 14.4 Å². The van der Waals surface area contributed by atoms with Crippen LogP contribution in [0.3, 0.4) is 0 Å². The summed E-state index contributed by atoms with van der Waals surface area (Å²) in [4.78, 5) is 35.4. The molecule has 0 unspecified atom stereocenters. The molecular weight excluding hydrogens is 344 g/mol. The second-order valence-electron chi connectivity index (χ2n) is 5.23. The lowest BCUT2D eigenvalue weighted by atomic mass is 10.2. The van der Waals surface area contributed by atoms with E-state index >= 15 is 0 Å². The Balaban J connectivity index is 2.22. The van der Waals surface area contributed by atoms with Crippen molar-refractivity contribution < 1.29 is 23.6 Å². The fourth-order valence-electron chi connectivity index (χ4n) is 2.18. The fraction of sp³-hybridized carbons (Fsp3) is 0.375. The van der Waals surface area contributed by atoms with Crippen LogP contribution in [0.1, 0.15) is 13.3 Å². The number of rotatable bonds is 7. The SMILES string of the molecule is CCCNC(=O)NC(=O)Cn1c(-c2ccc(OC)c(OC)c2)noc1=O. The Morgan fingerprint density at radius 2 is 1.96 bits per heavy atom. The summed E-state index contributed by atoms with van der Waals surface area (Å²) in [6.45, 7) is 1.89. The van der Waals surface area contributed by atoms with Crippen LogP contribution in [0.25, 0.3) is 11.4 Å². The van der Waals surface area contributed by atoms with E-state index in [1.54, 1.807) is 18.2 Å². The third kappa shape index (κ3) is 4.41. The highest BCUT2D eigenvalue weighted by molar-refractivity contribution is 5.94. The van der Waals surface area contributed by atoms with Crippen molar-refractivity contribution in [2.24, 2.45) is 0 Å². The summed E-state index contributed by atoms with van der Waals surface area (Å²) in [6, 6.07) is 4.24. The molecule has 0 fully saturated rings. The quantitative estimate of drug-likeness (QED) is 0.743. The maximum Gasteiger partial charge on any atom is 0.442 e. The maximum absolute atomic E-state index is 12.0. The topological polar surface area (TPSA) is 125 Å². The van der Waals surface area contributed by atoms with Crippen LogP contribution >= 0.6 is 0 Å². The molecule has 140 valence electrons. The molecule has 2 rings (SSSR count). The first kappa shape index (κ1) is 19.0. The highest BCUT2D eigenvalue weighted by Crippen LogP contribution is 2.31. The number of carbonyl (C=O) groups excluding carboxylic acids is 2. The predicted octanol–water partition coefficient (Wildman–Crippen LogP) is 0.756. The molecule has 0 saturated carbocycles. The van der Waals surface area contributed by atoms with Crippen molar-refractivity contribution in [3.63, 3.8) is 0 Å². The fourth-order valence-corrected chi connectivity index (χ4v) is 2.18. The van der Waals surface area contributed by atoms with Gasteiger partial charge in [0.1, 0.15) is 6.54 Å². The predicted molar refractivity (Wildman–Crippen MR) is 91.1 cm³/mol. The zero-order valence-corrected chi connectivity index (χ0v) is 14.7. The number of carbonyl (C=O) groups is 2. The highest BCUT2D eigenvalue weighted by Gasteiger charge is 2.18. The first-order valence-electron chi connectivity index (χ1n) is 7.86. The number of hydrogen-bond donors (Lipinski definition) is 2. The van der Waals surface area contributed by atoms with Gasteiger partial charge in [-0.05, 0) is 24.6 Å². The summed E-state index contributed by atoms with van der Waals surface area (Å²) in [5, 5.41) is 8.34. The van der Waals surface area contributed by atoms with E-state index in [0.717, 1.165) is 11.0 Å². The van der Waals surface area contributed by atoms with Gasteiger partial charge < -0.3 is 14.8 Å². The molecule has 0 saturated heterocycles. The average Bonchev–Trinajstić information content (AvgIpc) is 2.99. The summed E-state index contributed by atoms with van der Waals surface area (Å²) >= 11 is 0. The Bertz CT molecular complexity index is 842. The number of hydrogen-bond acceptors (Lipinski definition) is 7. The van der Waals surface area contributed by atoms with E-state index in [-0.39, 0.29) is 5.82 Å². The minimum absolute atomic E-state index is 0.125. The van der Waals surface area contributed by atoms with Crippen molar-refractivity contribution >= 4 is 11.9 Å². The van der Waals surface area contributed by atoms with E-state index in [1.165, 1.54) is 14.2 Å². The first-order valence-corrected chi connectivity index (χ1v) is 7.86. The van der Waals surface area contributed by atoms with Gasteiger partial charge in [-0.2, -0.15) is 0 Å². The number of methoxy groups -OCH3 is 2. The lowest BCUT2D eigenvalue weighted by Crippen LogP contribution is -2.42. The Hall–Kier alpha value is -3.30. The molecule has 2 N–H and O–H groups in total. The molecule has 1 aromatic heterocycles. The first-order chi connectivity index (χ1) is 12.5. The molecule has 0 aliphatic carbocycles. The number of urea groups is 1. The van der Waals surface area contributed by atoms with Gasteiger partial charge in [-0.1, -0.05) is 12.1 Å². The molecule has 0 aliphatic heterocycles. The molecule has 0 radical (unpaired) electrons. The van der Waals surface area contributed by atoms with E-state index in [4.69, 9.17) is 9.47 Å². The number of ether oxygens (including phenoxy) is 2. The number of imide groups is 1. The largest absolute Gasteiger partial charge is 0.493 e. The minimum Gasteiger partial charge on any atom is -0.493 e. The van der Waals surface area contributed by atoms with Crippen molar-refractivity contribution in [1.29, 1.82) is 0 Å². The van der Waals surface area contributed by atoms with E-state index in [0.29, 0.717) is 23.6 Å². The molecule has 26 heavy (non-hydrogen) atoms. The van der Waals surface area contributed by atoms with Crippen LogP contribution < -0.4 is 25.9 Å². The van der Waals surface area contributed by atoms with Crippen LogP contribution in [0.2, 0.25) is 0 Å².